The molecule has 1 aromatic heterocycles. The zero-order chi connectivity index (χ0) is 16.1. The van der Waals surface area contributed by atoms with Crippen molar-refractivity contribution in [2.75, 3.05) is 0 Å². The summed E-state index contributed by atoms with van der Waals surface area (Å²) in [6.45, 7) is 0. The highest BCUT2D eigenvalue weighted by molar-refractivity contribution is 9.10. The summed E-state index contributed by atoms with van der Waals surface area (Å²) in [5, 5.41) is 9.83. The maximum Gasteiger partial charge on any atom is 0.0886 e. The quantitative estimate of drug-likeness (QED) is 0.456. The van der Waals surface area contributed by atoms with Crippen LogP contribution in [0, 0.1) is 0 Å². The Morgan fingerprint density at radius 1 is 0.870 bits per heavy atom. The molecule has 5 heteroatoms. The highest BCUT2D eigenvalue weighted by Gasteiger charge is 1.93. The van der Waals surface area contributed by atoms with E-state index in [0.717, 1.165) is 26.1 Å². The van der Waals surface area contributed by atoms with Crippen LogP contribution in [0.4, 0.5) is 0 Å². The van der Waals surface area contributed by atoms with Gasteiger partial charge in [-0.25, -0.2) is 0 Å². The molecule has 3 rings (SSSR count). The molecule has 3 aromatic rings. The van der Waals surface area contributed by atoms with Crippen LogP contribution in [0.3, 0.4) is 0 Å². The van der Waals surface area contributed by atoms with Gasteiger partial charge in [0.25, 0.3) is 0 Å². The maximum atomic E-state index is 5.90. The lowest BCUT2D eigenvalue weighted by Crippen LogP contribution is -2.03. The van der Waals surface area contributed by atoms with Gasteiger partial charge in [0.05, 0.1) is 11.6 Å². The van der Waals surface area contributed by atoms with Crippen LogP contribution >= 0.6 is 27.5 Å². The van der Waals surface area contributed by atoms with Gasteiger partial charge in [-0.3, -0.25) is 0 Å². The summed E-state index contributed by atoms with van der Waals surface area (Å²) >= 11 is 9.30. The molecule has 0 aliphatic heterocycles. The Morgan fingerprint density at radius 3 is 2.17 bits per heavy atom. The molecular weight excluding hydrogens is 374 g/mol. The first-order chi connectivity index (χ1) is 11.2. The van der Waals surface area contributed by atoms with Crippen molar-refractivity contribution in [1.82, 2.24) is 4.57 Å². The smallest absolute Gasteiger partial charge is 0.0886 e. The third-order valence-corrected chi connectivity index (χ3v) is 3.97. The van der Waals surface area contributed by atoms with Crippen molar-refractivity contribution in [2.45, 2.75) is 0 Å². The zero-order valence-corrected chi connectivity index (χ0v) is 14.4. The Labute approximate surface area is 147 Å². The molecule has 0 bridgehead atoms. The first-order valence-electron chi connectivity index (χ1n) is 6.98. The molecule has 23 heavy (non-hydrogen) atoms. The summed E-state index contributed by atoms with van der Waals surface area (Å²) in [6.07, 6.45) is 5.61. The van der Waals surface area contributed by atoms with Crippen molar-refractivity contribution in [2.24, 2.45) is 10.2 Å². The number of aromatic nitrogens is 1. The maximum absolute atomic E-state index is 5.90. The SMILES string of the molecule is Clc1ccc(-n2ccc(=N/N=C\c3ccc(Br)cc3)cc2)cc1. The minimum Gasteiger partial charge on any atom is -0.324 e. The van der Waals surface area contributed by atoms with Gasteiger partial charge < -0.3 is 4.57 Å². The van der Waals surface area contributed by atoms with Crippen LogP contribution in [-0.4, -0.2) is 10.8 Å². The summed E-state index contributed by atoms with van der Waals surface area (Å²) in [5.74, 6) is 0. The van der Waals surface area contributed by atoms with E-state index < -0.39 is 0 Å². The lowest BCUT2D eigenvalue weighted by molar-refractivity contribution is 1.02. The highest BCUT2D eigenvalue weighted by atomic mass is 79.9. The summed E-state index contributed by atoms with van der Waals surface area (Å²) in [4.78, 5) is 0. The van der Waals surface area contributed by atoms with Crippen molar-refractivity contribution in [3.8, 4) is 5.69 Å². The topological polar surface area (TPSA) is 29.6 Å². The van der Waals surface area contributed by atoms with Gasteiger partial charge in [0, 0.05) is 27.6 Å². The molecule has 0 spiro atoms. The van der Waals surface area contributed by atoms with E-state index >= 15 is 0 Å². The van der Waals surface area contributed by atoms with Gasteiger partial charge in [-0.05, 0) is 54.1 Å². The standard InChI is InChI=1S/C18H13BrClN3/c19-15-3-1-14(2-4-15)13-21-22-17-9-11-23(12-10-17)18-7-5-16(20)6-8-18/h1-13H/b21-13-. The second kappa shape index (κ2) is 7.40. The van der Waals surface area contributed by atoms with Crippen LogP contribution in [0.25, 0.3) is 5.69 Å². The Hall–Kier alpha value is -2.17. The van der Waals surface area contributed by atoms with E-state index in [0.29, 0.717) is 0 Å². The lowest BCUT2D eigenvalue weighted by atomic mass is 10.2. The molecule has 0 saturated carbocycles. The zero-order valence-electron chi connectivity index (χ0n) is 12.1. The van der Waals surface area contributed by atoms with Gasteiger partial charge in [0.2, 0.25) is 0 Å². The lowest BCUT2D eigenvalue weighted by Gasteiger charge is -2.05. The van der Waals surface area contributed by atoms with Crippen molar-refractivity contribution in [1.29, 1.82) is 0 Å². The van der Waals surface area contributed by atoms with E-state index in [1.165, 1.54) is 0 Å². The molecule has 0 fully saturated rings. The van der Waals surface area contributed by atoms with Gasteiger partial charge in [-0.1, -0.05) is 39.7 Å². The van der Waals surface area contributed by atoms with E-state index in [4.69, 9.17) is 11.6 Å². The monoisotopic (exact) mass is 385 g/mol. The summed E-state index contributed by atoms with van der Waals surface area (Å²) in [7, 11) is 0. The summed E-state index contributed by atoms with van der Waals surface area (Å²) in [5.41, 5.74) is 2.04. The molecular formula is C18H13BrClN3. The Kier molecular flexibility index (Phi) is 5.05. The number of halogens is 2. The number of hydrogen-bond donors (Lipinski definition) is 0. The van der Waals surface area contributed by atoms with Gasteiger partial charge in [0.15, 0.2) is 0 Å². The van der Waals surface area contributed by atoms with E-state index in [-0.39, 0.29) is 0 Å². The van der Waals surface area contributed by atoms with Crippen LogP contribution in [0.5, 0.6) is 0 Å². The van der Waals surface area contributed by atoms with Crippen LogP contribution in [0.2, 0.25) is 5.02 Å². The molecule has 0 saturated heterocycles. The average Bonchev–Trinajstić information content (AvgIpc) is 2.58. The van der Waals surface area contributed by atoms with Gasteiger partial charge >= 0.3 is 0 Å². The average molecular weight is 387 g/mol. The van der Waals surface area contributed by atoms with Crippen LogP contribution in [0.1, 0.15) is 5.56 Å². The second-order valence-corrected chi connectivity index (χ2v) is 6.19. The molecule has 0 atom stereocenters. The third-order valence-electron chi connectivity index (χ3n) is 3.19. The minimum atomic E-state index is 0.725. The van der Waals surface area contributed by atoms with Crippen LogP contribution in [0.15, 0.2) is 87.7 Å². The fraction of sp³-hybridized carbons (Fsp3) is 0. The van der Waals surface area contributed by atoms with E-state index in [9.17, 15) is 0 Å². The summed E-state index contributed by atoms with van der Waals surface area (Å²) in [6, 6.07) is 19.4. The van der Waals surface area contributed by atoms with E-state index in [2.05, 4.69) is 26.1 Å². The molecule has 0 N–H and O–H groups in total. The summed E-state index contributed by atoms with van der Waals surface area (Å²) < 4.78 is 3.04. The predicted molar refractivity (Wildman–Crippen MR) is 98.1 cm³/mol. The molecule has 3 nitrogen and oxygen atoms in total. The Balaban J connectivity index is 1.76. The molecule has 2 aromatic carbocycles. The number of benzene rings is 2. The molecule has 0 aliphatic carbocycles. The number of hydrogen-bond acceptors (Lipinski definition) is 2. The Bertz CT molecular complexity index is 861. The first-order valence-corrected chi connectivity index (χ1v) is 8.15. The molecule has 0 unspecified atom stereocenters. The second-order valence-electron chi connectivity index (χ2n) is 4.84. The van der Waals surface area contributed by atoms with Gasteiger partial charge in [-0.15, -0.1) is 0 Å². The third kappa shape index (κ3) is 4.41. The van der Waals surface area contributed by atoms with E-state index in [1.807, 2.05) is 77.6 Å². The number of rotatable bonds is 3. The first kappa shape index (κ1) is 15.7. The Morgan fingerprint density at radius 2 is 1.52 bits per heavy atom. The molecule has 0 radical (unpaired) electrons. The molecule has 1 heterocycles. The molecule has 0 aliphatic rings. The van der Waals surface area contributed by atoms with E-state index in [1.54, 1.807) is 6.21 Å². The van der Waals surface area contributed by atoms with Crippen molar-refractivity contribution in [3.05, 3.63) is 93.5 Å². The van der Waals surface area contributed by atoms with Crippen molar-refractivity contribution >= 4 is 33.7 Å². The molecule has 114 valence electrons. The predicted octanol–water partition coefficient (Wildman–Crippen LogP) is 4.83. The van der Waals surface area contributed by atoms with Gasteiger partial charge in [-0.2, -0.15) is 10.2 Å². The van der Waals surface area contributed by atoms with Crippen molar-refractivity contribution < 1.29 is 0 Å². The van der Waals surface area contributed by atoms with Crippen molar-refractivity contribution in [3.63, 3.8) is 0 Å². The normalized spacial score (nSPS) is 10.9. The molecule has 0 amide bonds. The fourth-order valence-electron chi connectivity index (χ4n) is 1.98. The largest absolute Gasteiger partial charge is 0.324 e. The van der Waals surface area contributed by atoms with Crippen LogP contribution < -0.4 is 5.36 Å². The number of nitrogens with zero attached hydrogens (tertiary/aromatic N) is 3. The minimum absolute atomic E-state index is 0.725. The fourth-order valence-corrected chi connectivity index (χ4v) is 2.37. The number of pyridine rings is 1. The van der Waals surface area contributed by atoms with Crippen LogP contribution in [-0.2, 0) is 0 Å². The highest BCUT2D eigenvalue weighted by Crippen LogP contribution is 2.12. The van der Waals surface area contributed by atoms with Gasteiger partial charge in [0.1, 0.15) is 0 Å².